The van der Waals surface area contributed by atoms with Crippen LogP contribution in [0.3, 0.4) is 0 Å². The molecule has 4 aromatic rings. The van der Waals surface area contributed by atoms with E-state index in [0.717, 1.165) is 29.7 Å². The molecule has 2 heterocycles. The molecule has 0 aliphatic rings. The van der Waals surface area contributed by atoms with Crippen molar-refractivity contribution in [1.82, 2.24) is 15.3 Å². The number of nitrogens with one attached hydrogen (secondary N) is 3. The van der Waals surface area contributed by atoms with Gasteiger partial charge in [-0.05, 0) is 35.7 Å². The lowest BCUT2D eigenvalue weighted by Gasteiger charge is -2.08. The van der Waals surface area contributed by atoms with Crippen molar-refractivity contribution in [2.45, 2.75) is 13.0 Å². The zero-order valence-electron chi connectivity index (χ0n) is 15.5. The van der Waals surface area contributed by atoms with Crippen LogP contribution in [-0.2, 0) is 13.0 Å². The van der Waals surface area contributed by atoms with Crippen LogP contribution >= 0.6 is 0 Å². The first-order chi connectivity index (χ1) is 13.8. The van der Waals surface area contributed by atoms with Crippen LogP contribution in [0, 0.1) is 0 Å². The number of fused-ring (bicyclic) bond motifs is 1. The molecule has 0 fully saturated rings. The predicted molar refractivity (Wildman–Crippen MR) is 112 cm³/mol. The fourth-order valence-corrected chi connectivity index (χ4v) is 3.18. The molecular formula is C23H22N4O. The largest absolute Gasteiger partial charge is 0.383 e. The van der Waals surface area contributed by atoms with E-state index in [0.29, 0.717) is 12.2 Å². The van der Waals surface area contributed by atoms with Gasteiger partial charge in [0.15, 0.2) is 0 Å². The highest BCUT2D eigenvalue weighted by Crippen LogP contribution is 2.18. The second kappa shape index (κ2) is 8.39. The van der Waals surface area contributed by atoms with Crippen molar-refractivity contribution in [2.24, 2.45) is 0 Å². The molecule has 0 spiro atoms. The van der Waals surface area contributed by atoms with Gasteiger partial charge in [-0.3, -0.25) is 4.79 Å². The smallest absolute Gasteiger partial charge is 0.270 e. The highest BCUT2D eigenvalue weighted by atomic mass is 16.1. The summed E-state index contributed by atoms with van der Waals surface area (Å²) in [5, 5.41) is 7.51. The first kappa shape index (κ1) is 17.8. The average Bonchev–Trinajstić information content (AvgIpc) is 3.16. The first-order valence-electron chi connectivity index (χ1n) is 9.36. The van der Waals surface area contributed by atoms with Gasteiger partial charge in [0.05, 0.1) is 11.9 Å². The molecule has 3 N–H and O–H groups in total. The second-order valence-corrected chi connectivity index (χ2v) is 6.64. The Morgan fingerprint density at radius 2 is 1.79 bits per heavy atom. The highest BCUT2D eigenvalue weighted by molar-refractivity contribution is 5.92. The molecule has 0 bridgehead atoms. The molecule has 0 aliphatic heterocycles. The Labute approximate surface area is 163 Å². The second-order valence-electron chi connectivity index (χ2n) is 6.64. The summed E-state index contributed by atoms with van der Waals surface area (Å²) in [6.07, 6.45) is 4.67. The number of amides is 1. The molecule has 0 aliphatic carbocycles. The Morgan fingerprint density at radius 1 is 0.964 bits per heavy atom. The first-order valence-corrected chi connectivity index (χ1v) is 9.36. The lowest BCUT2D eigenvalue weighted by molar-refractivity contribution is 0.0946. The maximum Gasteiger partial charge on any atom is 0.270 e. The van der Waals surface area contributed by atoms with E-state index in [1.807, 2.05) is 42.5 Å². The molecule has 5 heteroatoms. The fraction of sp³-hybridized carbons (Fsp3) is 0.130. The van der Waals surface area contributed by atoms with Crippen LogP contribution in [0.15, 0.2) is 79.1 Å². The quantitative estimate of drug-likeness (QED) is 0.458. The minimum atomic E-state index is -0.172. The summed E-state index contributed by atoms with van der Waals surface area (Å²) in [6.45, 7) is 1.29. The van der Waals surface area contributed by atoms with Crippen molar-refractivity contribution in [3.05, 3.63) is 95.9 Å². The molecule has 0 saturated carbocycles. The minimum Gasteiger partial charge on any atom is -0.383 e. The molecule has 4 rings (SSSR count). The third-order valence-electron chi connectivity index (χ3n) is 4.69. The van der Waals surface area contributed by atoms with E-state index in [1.54, 1.807) is 12.3 Å². The third kappa shape index (κ3) is 4.20. The van der Waals surface area contributed by atoms with Crippen LogP contribution in [0.1, 0.15) is 21.6 Å². The number of rotatable bonds is 7. The van der Waals surface area contributed by atoms with Crippen molar-refractivity contribution in [3.63, 3.8) is 0 Å². The molecular weight excluding hydrogens is 348 g/mol. The molecule has 0 saturated heterocycles. The van der Waals surface area contributed by atoms with Gasteiger partial charge in [-0.2, -0.15) is 0 Å². The monoisotopic (exact) mass is 370 g/mol. The number of benzene rings is 2. The number of aromatic nitrogens is 2. The van der Waals surface area contributed by atoms with Gasteiger partial charge in [-0.15, -0.1) is 0 Å². The number of H-pyrrole nitrogens is 1. The average molecular weight is 370 g/mol. The molecule has 5 nitrogen and oxygen atoms in total. The molecule has 0 atom stereocenters. The molecule has 0 unspecified atom stereocenters. The van der Waals surface area contributed by atoms with Crippen molar-refractivity contribution in [1.29, 1.82) is 0 Å². The summed E-state index contributed by atoms with van der Waals surface area (Å²) >= 11 is 0. The van der Waals surface area contributed by atoms with Crippen LogP contribution in [0.2, 0.25) is 0 Å². The van der Waals surface area contributed by atoms with Gasteiger partial charge in [0.25, 0.3) is 5.91 Å². The van der Waals surface area contributed by atoms with E-state index >= 15 is 0 Å². The van der Waals surface area contributed by atoms with E-state index in [2.05, 4.69) is 45.0 Å². The molecule has 28 heavy (non-hydrogen) atoms. The van der Waals surface area contributed by atoms with Gasteiger partial charge in [-0.1, -0.05) is 48.5 Å². The summed E-state index contributed by atoms with van der Waals surface area (Å²) in [7, 11) is 0. The SMILES string of the molecule is O=C(NCc1ccccc1)c1ccc(NCCc2c[nH]c3ccccc23)cn1. The number of para-hydroxylation sites is 1. The number of hydrogen-bond donors (Lipinski definition) is 3. The van der Waals surface area contributed by atoms with Crippen LogP contribution in [0.25, 0.3) is 10.9 Å². The van der Waals surface area contributed by atoms with E-state index in [1.165, 1.54) is 10.9 Å². The molecule has 1 amide bonds. The highest BCUT2D eigenvalue weighted by Gasteiger charge is 2.07. The maximum absolute atomic E-state index is 12.2. The molecule has 0 radical (unpaired) electrons. The van der Waals surface area contributed by atoms with Crippen LogP contribution in [0.4, 0.5) is 5.69 Å². The zero-order valence-corrected chi connectivity index (χ0v) is 15.5. The number of carbonyl (C=O) groups excluding carboxylic acids is 1. The van der Waals surface area contributed by atoms with Crippen molar-refractivity contribution in [2.75, 3.05) is 11.9 Å². The van der Waals surface area contributed by atoms with Gasteiger partial charge in [0.2, 0.25) is 0 Å². The van der Waals surface area contributed by atoms with Crippen LogP contribution in [0.5, 0.6) is 0 Å². The third-order valence-corrected chi connectivity index (χ3v) is 4.69. The maximum atomic E-state index is 12.2. The Balaban J connectivity index is 1.29. The Hall–Kier alpha value is -3.60. The standard InChI is InChI=1S/C23H22N4O/c28-23(27-14-17-6-2-1-3-7-17)22-11-10-19(16-26-22)24-13-12-18-15-25-21-9-5-4-8-20(18)21/h1-11,15-16,24-25H,12-14H2,(H,27,28). The summed E-state index contributed by atoms with van der Waals surface area (Å²) < 4.78 is 0. The van der Waals surface area contributed by atoms with E-state index in [9.17, 15) is 4.79 Å². The summed E-state index contributed by atoms with van der Waals surface area (Å²) in [5.74, 6) is -0.172. The fourth-order valence-electron chi connectivity index (χ4n) is 3.18. The van der Waals surface area contributed by atoms with E-state index in [4.69, 9.17) is 0 Å². The normalized spacial score (nSPS) is 10.7. The Morgan fingerprint density at radius 3 is 2.61 bits per heavy atom. The predicted octanol–water partition coefficient (Wildman–Crippen LogP) is 4.15. The van der Waals surface area contributed by atoms with E-state index in [-0.39, 0.29) is 5.91 Å². The number of carbonyl (C=O) groups is 1. The molecule has 140 valence electrons. The van der Waals surface area contributed by atoms with Gasteiger partial charge in [0.1, 0.15) is 5.69 Å². The lowest BCUT2D eigenvalue weighted by atomic mass is 10.1. The topological polar surface area (TPSA) is 69.8 Å². The van der Waals surface area contributed by atoms with Gasteiger partial charge in [-0.25, -0.2) is 4.98 Å². The zero-order chi connectivity index (χ0) is 19.2. The van der Waals surface area contributed by atoms with Crippen LogP contribution in [-0.4, -0.2) is 22.4 Å². The summed E-state index contributed by atoms with van der Waals surface area (Å²) in [6, 6.07) is 21.8. The van der Waals surface area contributed by atoms with Gasteiger partial charge >= 0.3 is 0 Å². The number of nitrogens with zero attached hydrogens (tertiary/aromatic N) is 1. The number of hydrogen-bond acceptors (Lipinski definition) is 3. The Kier molecular flexibility index (Phi) is 5.33. The van der Waals surface area contributed by atoms with Gasteiger partial charge < -0.3 is 15.6 Å². The van der Waals surface area contributed by atoms with Crippen LogP contribution < -0.4 is 10.6 Å². The van der Waals surface area contributed by atoms with Gasteiger partial charge in [0, 0.05) is 30.2 Å². The van der Waals surface area contributed by atoms with E-state index < -0.39 is 0 Å². The minimum absolute atomic E-state index is 0.172. The Bertz CT molecular complexity index is 1050. The number of anilines is 1. The molecule has 2 aromatic heterocycles. The number of pyridine rings is 1. The van der Waals surface area contributed by atoms with Crippen molar-refractivity contribution < 1.29 is 4.79 Å². The summed E-state index contributed by atoms with van der Waals surface area (Å²) in [4.78, 5) is 19.8. The lowest BCUT2D eigenvalue weighted by Crippen LogP contribution is -2.23. The van der Waals surface area contributed by atoms with Crippen molar-refractivity contribution in [3.8, 4) is 0 Å². The molecule has 2 aromatic carbocycles. The number of aromatic amines is 1. The van der Waals surface area contributed by atoms with Crippen molar-refractivity contribution >= 4 is 22.5 Å². The summed E-state index contributed by atoms with van der Waals surface area (Å²) in [5.41, 5.74) is 4.82.